The van der Waals surface area contributed by atoms with E-state index in [2.05, 4.69) is 9.68 Å². The molecule has 1 atom stereocenters. The molecule has 0 fully saturated rings. The molecule has 0 radical (unpaired) electrons. The molecule has 7 nitrogen and oxygen atoms in total. The third kappa shape index (κ3) is 6.20. The summed E-state index contributed by atoms with van der Waals surface area (Å²) in [5.74, 6) is 0. The van der Waals surface area contributed by atoms with Crippen molar-refractivity contribution in [2.45, 2.75) is 22.7 Å². The molecule has 2 amide bonds. The smallest absolute Gasteiger partial charge is 0.434 e. The number of nitrogens with one attached hydrogen (secondary N) is 1. The minimum atomic E-state index is -1.75. The summed E-state index contributed by atoms with van der Waals surface area (Å²) in [6.45, 7) is -0.497. The number of rotatable bonds is 4. The van der Waals surface area contributed by atoms with Crippen LogP contribution in [0.3, 0.4) is 0 Å². The maximum Gasteiger partial charge on any atom is 0.434 e. The van der Waals surface area contributed by atoms with E-state index in [9.17, 15) is 9.59 Å². The Morgan fingerprint density at radius 3 is 2.63 bits per heavy atom. The highest BCUT2D eigenvalue weighted by Crippen LogP contribution is 2.25. The number of carbonyl (C=O) groups excluding carboxylic acids is 1. The fourth-order valence-corrected chi connectivity index (χ4v) is 1.49. The highest BCUT2D eigenvalue weighted by Gasteiger charge is 2.26. The average Bonchev–Trinajstić information content (AvgIpc) is 2.78. The van der Waals surface area contributed by atoms with Crippen LogP contribution in [0.4, 0.5) is 9.59 Å². The van der Waals surface area contributed by atoms with Crippen molar-refractivity contribution in [2.75, 3.05) is 6.61 Å². The van der Waals surface area contributed by atoms with E-state index in [1.807, 2.05) is 6.08 Å². The van der Waals surface area contributed by atoms with Gasteiger partial charge in [0.15, 0.2) is 0 Å². The minimum absolute atomic E-state index is 0.467. The number of halogens is 3. The maximum atomic E-state index is 11.2. The van der Waals surface area contributed by atoms with Crippen molar-refractivity contribution in [3.05, 3.63) is 12.2 Å². The van der Waals surface area contributed by atoms with Gasteiger partial charge in [0, 0.05) is 0 Å². The molecule has 1 aliphatic rings. The second kappa shape index (κ2) is 7.04. The molecular weight excluding hydrogens is 322 g/mol. The number of ether oxygens (including phenoxy) is 1. The van der Waals surface area contributed by atoms with E-state index >= 15 is 0 Å². The van der Waals surface area contributed by atoms with Crippen LogP contribution in [0, 0.1) is 0 Å². The molecular formula is C9H11Cl3N2O5. The predicted octanol–water partition coefficient (Wildman–Crippen LogP) is 2.63. The lowest BCUT2D eigenvalue weighted by atomic mass is 10.3. The second-order valence-electron chi connectivity index (χ2n) is 3.57. The maximum absolute atomic E-state index is 11.2. The quantitative estimate of drug-likeness (QED) is 0.469. The van der Waals surface area contributed by atoms with Gasteiger partial charge in [-0.05, 0) is 12.8 Å². The van der Waals surface area contributed by atoms with Crippen LogP contribution in [0.1, 0.15) is 12.8 Å². The number of nitrogens with zero attached hydrogens (tertiary/aromatic N) is 1. The summed E-state index contributed by atoms with van der Waals surface area (Å²) in [4.78, 5) is 26.7. The van der Waals surface area contributed by atoms with E-state index in [0.29, 0.717) is 11.5 Å². The van der Waals surface area contributed by atoms with E-state index in [1.54, 1.807) is 11.6 Å². The summed E-state index contributed by atoms with van der Waals surface area (Å²) in [6.07, 6.45) is 2.35. The first-order valence-electron chi connectivity index (χ1n) is 5.15. The summed E-state index contributed by atoms with van der Waals surface area (Å²) in [5, 5.41) is 9.51. The molecule has 1 aliphatic carbocycles. The van der Waals surface area contributed by atoms with Gasteiger partial charge in [-0.2, -0.15) is 10.5 Å². The third-order valence-electron chi connectivity index (χ3n) is 2.07. The molecule has 0 saturated carbocycles. The molecule has 0 aromatic rings. The molecule has 0 aromatic carbocycles. The highest BCUT2D eigenvalue weighted by molar-refractivity contribution is 6.67. The van der Waals surface area contributed by atoms with E-state index in [0.717, 1.165) is 6.42 Å². The van der Waals surface area contributed by atoms with Crippen molar-refractivity contribution in [3.8, 4) is 0 Å². The molecule has 19 heavy (non-hydrogen) atoms. The molecule has 1 unspecified atom stereocenters. The zero-order valence-electron chi connectivity index (χ0n) is 9.51. The van der Waals surface area contributed by atoms with Crippen molar-refractivity contribution in [1.82, 2.24) is 10.5 Å². The molecule has 108 valence electrons. The predicted molar refractivity (Wildman–Crippen MR) is 67.9 cm³/mol. The van der Waals surface area contributed by atoms with Gasteiger partial charge in [-0.15, -0.1) is 4.94 Å². The standard InChI is InChI=1S/C9H11Cl3N2O5/c10-9(11,12)5-18-7(15)13-19-14(8(16)17)6-3-1-2-4-6/h1,3,6H,2,4-5H2,(H,13,15)(H,16,17). The molecule has 0 saturated heterocycles. The van der Waals surface area contributed by atoms with Crippen LogP contribution in [0.25, 0.3) is 0 Å². The largest absolute Gasteiger partial charge is 0.463 e. The van der Waals surface area contributed by atoms with Gasteiger partial charge in [-0.3, -0.25) is 0 Å². The van der Waals surface area contributed by atoms with Crippen molar-refractivity contribution in [2.24, 2.45) is 0 Å². The summed E-state index contributed by atoms with van der Waals surface area (Å²) in [6, 6.07) is -0.467. The van der Waals surface area contributed by atoms with Gasteiger partial charge in [0.1, 0.15) is 6.61 Å². The highest BCUT2D eigenvalue weighted by atomic mass is 35.6. The van der Waals surface area contributed by atoms with Gasteiger partial charge in [0.25, 0.3) is 0 Å². The van der Waals surface area contributed by atoms with Crippen LogP contribution in [0.2, 0.25) is 0 Å². The first kappa shape index (κ1) is 16.2. The van der Waals surface area contributed by atoms with E-state index in [1.165, 1.54) is 0 Å². The lowest BCUT2D eigenvalue weighted by Gasteiger charge is -2.22. The Labute approximate surface area is 123 Å². The summed E-state index contributed by atoms with van der Waals surface area (Å²) < 4.78 is 2.74. The number of hydroxylamine groups is 3. The molecule has 0 bridgehead atoms. The Morgan fingerprint density at radius 2 is 2.16 bits per heavy atom. The van der Waals surface area contributed by atoms with Crippen molar-refractivity contribution in [3.63, 3.8) is 0 Å². The van der Waals surface area contributed by atoms with Gasteiger partial charge in [0.2, 0.25) is 3.79 Å². The monoisotopic (exact) mass is 332 g/mol. The van der Waals surface area contributed by atoms with Crippen LogP contribution in [-0.4, -0.2) is 38.8 Å². The third-order valence-corrected chi connectivity index (χ3v) is 2.40. The first-order chi connectivity index (χ1) is 8.79. The molecule has 0 heterocycles. The fourth-order valence-electron chi connectivity index (χ4n) is 1.32. The molecule has 1 rings (SSSR count). The normalized spacial score (nSPS) is 18.2. The van der Waals surface area contributed by atoms with Crippen LogP contribution in [0.5, 0.6) is 0 Å². The summed E-state index contributed by atoms with van der Waals surface area (Å²) in [5.41, 5.74) is 1.79. The van der Waals surface area contributed by atoms with Crippen LogP contribution in [0.15, 0.2) is 12.2 Å². The zero-order valence-corrected chi connectivity index (χ0v) is 11.8. The Morgan fingerprint density at radius 1 is 1.47 bits per heavy atom. The molecule has 10 heteroatoms. The Hall–Kier alpha value is -0.890. The van der Waals surface area contributed by atoms with Crippen molar-refractivity contribution >= 4 is 47.0 Å². The summed E-state index contributed by atoms with van der Waals surface area (Å²) >= 11 is 16.1. The molecule has 0 aliphatic heterocycles. The van der Waals surface area contributed by atoms with Gasteiger partial charge < -0.3 is 9.84 Å². The number of allylic oxidation sites excluding steroid dienone is 1. The van der Waals surface area contributed by atoms with E-state index in [4.69, 9.17) is 39.9 Å². The Bertz CT molecular complexity index is 371. The zero-order chi connectivity index (χ0) is 14.5. The number of hydrogen-bond acceptors (Lipinski definition) is 4. The lowest BCUT2D eigenvalue weighted by Crippen LogP contribution is -2.43. The van der Waals surface area contributed by atoms with E-state index < -0.39 is 28.6 Å². The lowest BCUT2D eigenvalue weighted by molar-refractivity contribution is -0.187. The van der Waals surface area contributed by atoms with E-state index in [-0.39, 0.29) is 0 Å². The second-order valence-corrected chi connectivity index (χ2v) is 6.08. The fraction of sp³-hybridized carbons (Fsp3) is 0.556. The molecule has 0 spiro atoms. The number of carboxylic acid groups (broad SMARTS) is 1. The Balaban J connectivity index is 2.37. The number of amides is 2. The van der Waals surface area contributed by atoms with Crippen LogP contribution < -0.4 is 5.48 Å². The Kier molecular flexibility index (Phi) is 5.99. The molecule has 0 aromatic heterocycles. The van der Waals surface area contributed by atoms with Crippen molar-refractivity contribution in [1.29, 1.82) is 0 Å². The first-order valence-corrected chi connectivity index (χ1v) is 6.28. The van der Waals surface area contributed by atoms with Gasteiger partial charge in [0.05, 0.1) is 6.04 Å². The van der Waals surface area contributed by atoms with Gasteiger partial charge in [-0.25, -0.2) is 9.59 Å². The number of hydrogen-bond donors (Lipinski definition) is 2. The van der Waals surface area contributed by atoms with Crippen LogP contribution in [-0.2, 0) is 9.68 Å². The molecule has 2 N–H and O–H groups in total. The topological polar surface area (TPSA) is 88.1 Å². The number of alkyl halides is 3. The minimum Gasteiger partial charge on any atom is -0.463 e. The number of carbonyl (C=O) groups is 2. The summed E-state index contributed by atoms with van der Waals surface area (Å²) in [7, 11) is 0. The van der Waals surface area contributed by atoms with Crippen molar-refractivity contribution < 1.29 is 24.4 Å². The average molecular weight is 334 g/mol. The van der Waals surface area contributed by atoms with Crippen LogP contribution >= 0.6 is 34.8 Å². The van der Waals surface area contributed by atoms with Gasteiger partial charge in [-0.1, -0.05) is 47.0 Å². The van der Waals surface area contributed by atoms with Gasteiger partial charge >= 0.3 is 12.2 Å². The SMILES string of the molecule is O=C(NON(C(=O)O)C1C=CCC1)OCC(Cl)(Cl)Cl.